The van der Waals surface area contributed by atoms with E-state index in [1.807, 2.05) is 30.1 Å². The molecule has 0 aliphatic heterocycles. The summed E-state index contributed by atoms with van der Waals surface area (Å²) in [7, 11) is 1.95. The van der Waals surface area contributed by atoms with Crippen LogP contribution in [0.2, 0.25) is 0 Å². The van der Waals surface area contributed by atoms with E-state index in [-0.39, 0.29) is 6.42 Å². The highest BCUT2D eigenvalue weighted by atomic mass is 32.1. The SMILES string of the molecule is CN(Cc1ccccc1)c1nc(CC(=O)O)cs1. The largest absolute Gasteiger partial charge is 0.481 e. The Hall–Kier alpha value is -1.88. The number of benzene rings is 1. The summed E-state index contributed by atoms with van der Waals surface area (Å²) in [5.41, 5.74) is 1.82. The Bertz CT molecular complexity index is 525. The molecule has 2 aromatic rings. The maximum atomic E-state index is 10.6. The van der Waals surface area contributed by atoms with Gasteiger partial charge in [0.05, 0.1) is 12.1 Å². The molecule has 0 aliphatic rings. The Morgan fingerprint density at radius 3 is 2.78 bits per heavy atom. The van der Waals surface area contributed by atoms with Gasteiger partial charge < -0.3 is 10.0 Å². The molecule has 1 aromatic heterocycles. The molecule has 0 aliphatic carbocycles. The first-order valence-corrected chi connectivity index (χ1v) is 6.44. The number of aliphatic carboxylic acids is 1. The van der Waals surface area contributed by atoms with Crippen molar-refractivity contribution in [1.29, 1.82) is 0 Å². The fourth-order valence-electron chi connectivity index (χ4n) is 1.63. The molecule has 0 saturated carbocycles. The van der Waals surface area contributed by atoms with Crippen LogP contribution in [0, 0.1) is 0 Å². The van der Waals surface area contributed by atoms with Crippen LogP contribution in [0.1, 0.15) is 11.3 Å². The molecule has 1 N–H and O–H groups in total. The summed E-state index contributed by atoms with van der Waals surface area (Å²) >= 11 is 1.47. The van der Waals surface area contributed by atoms with E-state index in [2.05, 4.69) is 17.1 Å². The zero-order chi connectivity index (χ0) is 13.0. The minimum Gasteiger partial charge on any atom is -0.481 e. The summed E-state index contributed by atoms with van der Waals surface area (Å²) in [6.45, 7) is 0.765. The predicted molar refractivity (Wildman–Crippen MR) is 72.0 cm³/mol. The van der Waals surface area contributed by atoms with Crippen LogP contribution in [0.25, 0.3) is 0 Å². The van der Waals surface area contributed by atoms with Gasteiger partial charge in [0.25, 0.3) is 0 Å². The molecular weight excluding hydrogens is 248 g/mol. The van der Waals surface area contributed by atoms with Crippen LogP contribution in [0.15, 0.2) is 35.7 Å². The van der Waals surface area contributed by atoms with Crippen LogP contribution in [0.5, 0.6) is 0 Å². The Labute approximate surface area is 110 Å². The number of carbonyl (C=O) groups is 1. The molecule has 18 heavy (non-hydrogen) atoms. The van der Waals surface area contributed by atoms with Crippen molar-refractivity contribution in [3.8, 4) is 0 Å². The van der Waals surface area contributed by atoms with E-state index in [0.29, 0.717) is 5.69 Å². The molecule has 0 radical (unpaired) electrons. The van der Waals surface area contributed by atoms with Crippen LogP contribution in [0.3, 0.4) is 0 Å². The molecule has 4 nitrogen and oxygen atoms in total. The molecule has 0 amide bonds. The zero-order valence-corrected chi connectivity index (χ0v) is 10.9. The van der Waals surface area contributed by atoms with E-state index < -0.39 is 5.97 Å². The lowest BCUT2D eigenvalue weighted by Gasteiger charge is -2.15. The van der Waals surface area contributed by atoms with Gasteiger partial charge in [0.2, 0.25) is 0 Å². The number of carboxylic acids is 1. The van der Waals surface area contributed by atoms with Gasteiger partial charge in [-0.1, -0.05) is 30.3 Å². The molecule has 2 rings (SSSR count). The molecular formula is C13H14N2O2S. The quantitative estimate of drug-likeness (QED) is 0.899. The molecule has 0 unspecified atom stereocenters. The molecule has 1 heterocycles. The number of aromatic nitrogens is 1. The highest BCUT2D eigenvalue weighted by Gasteiger charge is 2.09. The lowest BCUT2D eigenvalue weighted by atomic mass is 10.2. The Morgan fingerprint density at radius 1 is 1.39 bits per heavy atom. The van der Waals surface area contributed by atoms with Crippen molar-refractivity contribution in [1.82, 2.24) is 4.98 Å². The normalized spacial score (nSPS) is 10.3. The third-order valence-electron chi connectivity index (χ3n) is 2.46. The van der Waals surface area contributed by atoms with Crippen molar-refractivity contribution in [2.45, 2.75) is 13.0 Å². The van der Waals surface area contributed by atoms with E-state index in [1.54, 1.807) is 5.38 Å². The van der Waals surface area contributed by atoms with E-state index >= 15 is 0 Å². The van der Waals surface area contributed by atoms with Crippen molar-refractivity contribution in [3.63, 3.8) is 0 Å². The van der Waals surface area contributed by atoms with Gasteiger partial charge in [-0.05, 0) is 5.56 Å². The molecule has 5 heteroatoms. The summed E-state index contributed by atoms with van der Waals surface area (Å²) in [6.07, 6.45) is -0.0182. The molecule has 0 atom stereocenters. The average Bonchev–Trinajstić information content (AvgIpc) is 2.78. The van der Waals surface area contributed by atoms with Crippen molar-refractivity contribution >= 4 is 22.4 Å². The second kappa shape index (κ2) is 5.64. The maximum Gasteiger partial charge on any atom is 0.309 e. The lowest BCUT2D eigenvalue weighted by Crippen LogP contribution is -2.16. The smallest absolute Gasteiger partial charge is 0.309 e. The van der Waals surface area contributed by atoms with Gasteiger partial charge in [-0.3, -0.25) is 4.79 Å². The standard InChI is InChI=1S/C13H14N2O2S/c1-15(8-10-5-3-2-4-6-10)13-14-11(9-18-13)7-12(16)17/h2-6,9H,7-8H2,1H3,(H,16,17). The zero-order valence-electron chi connectivity index (χ0n) is 10.0. The first-order valence-electron chi connectivity index (χ1n) is 5.56. The minimum atomic E-state index is -0.849. The van der Waals surface area contributed by atoms with Gasteiger partial charge in [-0.25, -0.2) is 4.98 Å². The molecule has 94 valence electrons. The van der Waals surface area contributed by atoms with Crippen molar-refractivity contribution in [2.24, 2.45) is 0 Å². The van der Waals surface area contributed by atoms with E-state index in [9.17, 15) is 4.79 Å². The van der Waals surface area contributed by atoms with Crippen molar-refractivity contribution in [3.05, 3.63) is 47.0 Å². The first-order chi connectivity index (χ1) is 8.65. The van der Waals surface area contributed by atoms with Gasteiger partial charge in [0.1, 0.15) is 0 Å². The number of anilines is 1. The number of hydrogen-bond acceptors (Lipinski definition) is 4. The summed E-state index contributed by atoms with van der Waals surface area (Å²) in [5, 5.41) is 11.3. The molecule has 0 bridgehead atoms. The maximum absolute atomic E-state index is 10.6. The van der Waals surface area contributed by atoms with Gasteiger partial charge in [0.15, 0.2) is 5.13 Å². The van der Waals surface area contributed by atoms with Crippen molar-refractivity contribution < 1.29 is 9.90 Å². The molecule has 0 fully saturated rings. The third kappa shape index (κ3) is 3.30. The highest BCUT2D eigenvalue weighted by molar-refractivity contribution is 7.13. The first kappa shape index (κ1) is 12.6. The van der Waals surface area contributed by atoms with Crippen LogP contribution < -0.4 is 4.90 Å². The molecule has 0 spiro atoms. The predicted octanol–water partition coefficient (Wildman–Crippen LogP) is 2.41. The summed E-state index contributed by atoms with van der Waals surface area (Å²) in [4.78, 5) is 16.9. The summed E-state index contributed by atoms with van der Waals surface area (Å²) < 4.78 is 0. The van der Waals surface area contributed by atoms with E-state index in [4.69, 9.17) is 5.11 Å². The van der Waals surface area contributed by atoms with Crippen LogP contribution in [-0.4, -0.2) is 23.1 Å². The monoisotopic (exact) mass is 262 g/mol. The van der Waals surface area contributed by atoms with Gasteiger partial charge >= 0.3 is 5.97 Å². The number of hydrogen-bond donors (Lipinski definition) is 1. The average molecular weight is 262 g/mol. The highest BCUT2D eigenvalue weighted by Crippen LogP contribution is 2.21. The van der Waals surface area contributed by atoms with Gasteiger partial charge in [0, 0.05) is 19.0 Å². The van der Waals surface area contributed by atoms with Crippen LogP contribution in [0.4, 0.5) is 5.13 Å². The van der Waals surface area contributed by atoms with Crippen LogP contribution in [-0.2, 0) is 17.8 Å². The topological polar surface area (TPSA) is 53.4 Å². The number of thiazole rings is 1. The lowest BCUT2D eigenvalue weighted by molar-refractivity contribution is -0.136. The fraction of sp³-hybridized carbons (Fsp3) is 0.231. The summed E-state index contributed by atoms with van der Waals surface area (Å²) in [6, 6.07) is 10.1. The number of nitrogens with zero attached hydrogens (tertiary/aromatic N) is 2. The second-order valence-electron chi connectivity index (χ2n) is 4.03. The Morgan fingerprint density at radius 2 is 2.11 bits per heavy atom. The number of carboxylic acid groups (broad SMARTS) is 1. The fourth-order valence-corrected chi connectivity index (χ4v) is 2.42. The number of rotatable bonds is 5. The van der Waals surface area contributed by atoms with Crippen LogP contribution >= 0.6 is 11.3 Å². The molecule has 1 aromatic carbocycles. The second-order valence-corrected chi connectivity index (χ2v) is 4.87. The minimum absolute atomic E-state index is 0.0182. The Kier molecular flexibility index (Phi) is 3.94. The third-order valence-corrected chi connectivity index (χ3v) is 3.46. The van der Waals surface area contributed by atoms with E-state index in [0.717, 1.165) is 11.7 Å². The van der Waals surface area contributed by atoms with E-state index in [1.165, 1.54) is 16.9 Å². The van der Waals surface area contributed by atoms with Gasteiger partial charge in [-0.2, -0.15) is 0 Å². The van der Waals surface area contributed by atoms with Gasteiger partial charge in [-0.15, -0.1) is 11.3 Å². The Balaban J connectivity index is 2.03. The van der Waals surface area contributed by atoms with Crippen molar-refractivity contribution in [2.75, 3.05) is 11.9 Å². The summed E-state index contributed by atoms with van der Waals surface area (Å²) in [5.74, 6) is -0.849. The molecule has 0 saturated heterocycles.